The zero-order chi connectivity index (χ0) is 23.6. The topological polar surface area (TPSA) is 65.1 Å². The SMILES string of the molecule is O=C(NCc1ccccc1)C1CCN(CCN(CC(=O)N2CCOCC2)c2ccccc2)CC1. The molecule has 2 heterocycles. The maximum absolute atomic E-state index is 12.9. The average Bonchev–Trinajstić information content (AvgIpc) is 2.91. The first-order chi connectivity index (χ1) is 16.7. The second-order valence-corrected chi connectivity index (χ2v) is 9.07. The van der Waals surface area contributed by atoms with Gasteiger partial charge in [0.05, 0.1) is 19.8 Å². The van der Waals surface area contributed by atoms with Gasteiger partial charge < -0.3 is 24.8 Å². The molecule has 2 aromatic rings. The third-order valence-corrected chi connectivity index (χ3v) is 6.77. The van der Waals surface area contributed by atoms with E-state index in [-0.39, 0.29) is 17.7 Å². The van der Waals surface area contributed by atoms with Crippen molar-refractivity contribution in [3.05, 3.63) is 66.2 Å². The van der Waals surface area contributed by atoms with Crippen LogP contribution in [0, 0.1) is 5.92 Å². The number of ether oxygens (including phenoxy) is 1. The number of carbonyl (C=O) groups is 2. The third-order valence-electron chi connectivity index (χ3n) is 6.77. The zero-order valence-corrected chi connectivity index (χ0v) is 19.9. The number of likely N-dealkylation sites (tertiary alicyclic amines) is 1. The molecule has 0 saturated carbocycles. The van der Waals surface area contributed by atoms with Gasteiger partial charge in [-0.2, -0.15) is 0 Å². The van der Waals surface area contributed by atoms with Gasteiger partial charge in [-0.15, -0.1) is 0 Å². The van der Waals surface area contributed by atoms with E-state index >= 15 is 0 Å². The summed E-state index contributed by atoms with van der Waals surface area (Å²) in [6.07, 6.45) is 1.75. The monoisotopic (exact) mass is 464 g/mol. The van der Waals surface area contributed by atoms with E-state index in [0.29, 0.717) is 39.4 Å². The Morgan fingerprint density at radius 1 is 0.912 bits per heavy atom. The van der Waals surface area contributed by atoms with Gasteiger partial charge in [-0.1, -0.05) is 48.5 Å². The molecule has 182 valence electrons. The molecule has 2 fully saturated rings. The lowest BCUT2D eigenvalue weighted by Crippen LogP contribution is -2.48. The molecule has 2 aromatic carbocycles. The summed E-state index contributed by atoms with van der Waals surface area (Å²) < 4.78 is 5.39. The van der Waals surface area contributed by atoms with Gasteiger partial charge in [0.15, 0.2) is 0 Å². The highest BCUT2D eigenvalue weighted by Gasteiger charge is 2.26. The van der Waals surface area contributed by atoms with Crippen molar-refractivity contribution in [3.8, 4) is 0 Å². The molecular weight excluding hydrogens is 428 g/mol. The Morgan fingerprint density at radius 3 is 2.24 bits per heavy atom. The molecule has 34 heavy (non-hydrogen) atoms. The molecule has 7 nitrogen and oxygen atoms in total. The molecular formula is C27H36N4O3. The molecule has 0 atom stereocenters. The van der Waals surface area contributed by atoms with Crippen LogP contribution in [0.15, 0.2) is 60.7 Å². The highest BCUT2D eigenvalue weighted by Crippen LogP contribution is 2.19. The molecule has 0 aromatic heterocycles. The molecule has 0 aliphatic carbocycles. The summed E-state index contributed by atoms with van der Waals surface area (Å²) >= 11 is 0. The quantitative estimate of drug-likeness (QED) is 0.617. The number of piperidine rings is 1. The fourth-order valence-electron chi connectivity index (χ4n) is 4.62. The Labute approximate surface area is 202 Å². The van der Waals surface area contributed by atoms with Crippen molar-refractivity contribution in [2.24, 2.45) is 5.92 Å². The summed E-state index contributed by atoms with van der Waals surface area (Å²) in [7, 11) is 0. The van der Waals surface area contributed by atoms with Crippen LogP contribution in [0.2, 0.25) is 0 Å². The number of carbonyl (C=O) groups excluding carboxylic acids is 2. The summed E-state index contributed by atoms with van der Waals surface area (Å²) in [6, 6.07) is 20.2. The average molecular weight is 465 g/mol. The van der Waals surface area contributed by atoms with Crippen molar-refractivity contribution >= 4 is 17.5 Å². The van der Waals surface area contributed by atoms with Crippen molar-refractivity contribution in [3.63, 3.8) is 0 Å². The lowest BCUT2D eigenvalue weighted by atomic mass is 9.96. The highest BCUT2D eigenvalue weighted by atomic mass is 16.5. The molecule has 4 rings (SSSR count). The summed E-state index contributed by atoms with van der Waals surface area (Å²) in [6.45, 7) is 7.01. The largest absolute Gasteiger partial charge is 0.378 e. The molecule has 2 saturated heterocycles. The van der Waals surface area contributed by atoms with Crippen LogP contribution in [-0.2, 0) is 20.9 Å². The highest BCUT2D eigenvalue weighted by molar-refractivity contribution is 5.81. The van der Waals surface area contributed by atoms with Crippen LogP contribution in [0.5, 0.6) is 0 Å². The molecule has 2 aliphatic rings. The number of rotatable bonds is 9. The number of para-hydroxylation sites is 1. The van der Waals surface area contributed by atoms with Gasteiger partial charge in [0.1, 0.15) is 0 Å². The molecule has 2 amide bonds. The predicted molar refractivity (Wildman–Crippen MR) is 134 cm³/mol. The summed E-state index contributed by atoms with van der Waals surface area (Å²) in [5.74, 6) is 0.388. The van der Waals surface area contributed by atoms with E-state index in [4.69, 9.17) is 4.74 Å². The van der Waals surface area contributed by atoms with Crippen LogP contribution in [0.25, 0.3) is 0 Å². The Balaban J connectivity index is 1.24. The van der Waals surface area contributed by atoms with Crippen LogP contribution >= 0.6 is 0 Å². The zero-order valence-electron chi connectivity index (χ0n) is 19.9. The number of amides is 2. The first-order valence-corrected chi connectivity index (χ1v) is 12.4. The Morgan fingerprint density at radius 2 is 1.56 bits per heavy atom. The van der Waals surface area contributed by atoms with Gasteiger partial charge in [-0.05, 0) is 43.6 Å². The van der Waals surface area contributed by atoms with Crippen LogP contribution in [0.3, 0.4) is 0 Å². The fourth-order valence-corrected chi connectivity index (χ4v) is 4.62. The van der Waals surface area contributed by atoms with Gasteiger partial charge in [-0.25, -0.2) is 0 Å². The van der Waals surface area contributed by atoms with Gasteiger partial charge >= 0.3 is 0 Å². The smallest absolute Gasteiger partial charge is 0.242 e. The van der Waals surface area contributed by atoms with E-state index in [1.54, 1.807) is 0 Å². The minimum Gasteiger partial charge on any atom is -0.378 e. The van der Waals surface area contributed by atoms with E-state index in [9.17, 15) is 9.59 Å². The lowest BCUT2D eigenvalue weighted by molar-refractivity contribution is -0.133. The lowest BCUT2D eigenvalue weighted by Gasteiger charge is -2.34. The van der Waals surface area contributed by atoms with Gasteiger partial charge in [0.2, 0.25) is 11.8 Å². The number of morpholine rings is 1. The van der Waals surface area contributed by atoms with E-state index < -0.39 is 0 Å². The number of hydrogen-bond donors (Lipinski definition) is 1. The normalized spacial score (nSPS) is 17.4. The standard InChI is InChI=1S/C27H36N4O3/c32-26(30-17-19-34-20-18-30)22-31(25-9-5-2-6-10-25)16-15-29-13-11-24(12-14-29)27(33)28-21-23-7-3-1-4-8-23/h1-10,24H,11-22H2,(H,28,33). The van der Waals surface area contributed by atoms with Gasteiger partial charge in [-0.3, -0.25) is 9.59 Å². The van der Waals surface area contributed by atoms with Crippen molar-refractivity contribution in [1.29, 1.82) is 0 Å². The van der Waals surface area contributed by atoms with Gasteiger partial charge in [0, 0.05) is 44.3 Å². The maximum Gasteiger partial charge on any atom is 0.242 e. The summed E-state index contributed by atoms with van der Waals surface area (Å²) in [5.41, 5.74) is 2.19. The molecule has 0 radical (unpaired) electrons. The second-order valence-electron chi connectivity index (χ2n) is 9.07. The van der Waals surface area contributed by atoms with Crippen LogP contribution in [-0.4, -0.2) is 80.6 Å². The molecule has 7 heteroatoms. The van der Waals surface area contributed by atoms with Crippen LogP contribution < -0.4 is 10.2 Å². The fraction of sp³-hybridized carbons (Fsp3) is 0.481. The number of benzene rings is 2. The van der Waals surface area contributed by atoms with Crippen LogP contribution in [0.4, 0.5) is 5.69 Å². The first kappa shape index (κ1) is 24.2. The number of nitrogens with zero attached hydrogens (tertiary/aromatic N) is 3. The molecule has 0 spiro atoms. The predicted octanol–water partition coefficient (Wildman–Crippen LogP) is 2.38. The minimum absolute atomic E-state index is 0.0769. The van der Waals surface area contributed by atoms with Crippen LogP contribution in [0.1, 0.15) is 18.4 Å². The molecule has 0 unspecified atom stereocenters. The van der Waals surface area contributed by atoms with Gasteiger partial charge in [0.25, 0.3) is 0 Å². The Kier molecular flexibility index (Phi) is 8.93. The van der Waals surface area contributed by atoms with Crippen molar-refractivity contribution < 1.29 is 14.3 Å². The van der Waals surface area contributed by atoms with Crippen molar-refractivity contribution in [1.82, 2.24) is 15.1 Å². The Bertz CT molecular complexity index is 895. The van der Waals surface area contributed by atoms with E-state index in [1.165, 1.54) is 0 Å². The third kappa shape index (κ3) is 7.05. The molecule has 2 aliphatic heterocycles. The van der Waals surface area contributed by atoms with E-state index in [2.05, 4.69) is 27.2 Å². The van der Waals surface area contributed by atoms with Crippen molar-refractivity contribution in [2.45, 2.75) is 19.4 Å². The first-order valence-electron chi connectivity index (χ1n) is 12.4. The van der Waals surface area contributed by atoms with E-state index in [1.807, 2.05) is 53.4 Å². The number of nitrogens with one attached hydrogen (secondary N) is 1. The summed E-state index contributed by atoms with van der Waals surface area (Å²) in [5, 5.41) is 3.09. The molecule has 1 N–H and O–H groups in total. The molecule has 0 bridgehead atoms. The van der Waals surface area contributed by atoms with Crippen molar-refractivity contribution in [2.75, 3.05) is 63.9 Å². The van der Waals surface area contributed by atoms with E-state index in [0.717, 1.165) is 50.3 Å². The number of anilines is 1. The Hall–Kier alpha value is -2.90. The second kappa shape index (κ2) is 12.5. The maximum atomic E-state index is 12.9. The number of hydrogen-bond acceptors (Lipinski definition) is 5. The summed E-state index contributed by atoms with van der Waals surface area (Å²) in [4.78, 5) is 32.0. The minimum atomic E-state index is 0.0769.